The molecule has 2 aromatic rings. The molecule has 3 nitrogen and oxygen atoms in total. The fourth-order valence-corrected chi connectivity index (χ4v) is 1.96. The minimum atomic E-state index is 0.147. The molecule has 0 saturated carbocycles. The van der Waals surface area contributed by atoms with E-state index < -0.39 is 0 Å². The Labute approximate surface area is 119 Å². The first-order chi connectivity index (χ1) is 9.60. The highest BCUT2D eigenvalue weighted by atomic mass is 16.5. The highest BCUT2D eigenvalue weighted by Gasteiger charge is 2.04. The van der Waals surface area contributed by atoms with Crippen LogP contribution in [0.2, 0.25) is 0 Å². The maximum atomic E-state index is 9.81. The molecule has 0 bridgehead atoms. The van der Waals surface area contributed by atoms with E-state index in [0.29, 0.717) is 12.2 Å². The lowest BCUT2D eigenvalue weighted by Crippen LogP contribution is -1.98. The lowest BCUT2D eigenvalue weighted by atomic mass is 10.1. The summed E-state index contributed by atoms with van der Waals surface area (Å²) in [4.78, 5) is 0. The van der Waals surface area contributed by atoms with Crippen molar-refractivity contribution in [1.82, 2.24) is 0 Å². The molecule has 20 heavy (non-hydrogen) atoms. The second-order valence-corrected chi connectivity index (χ2v) is 4.86. The highest BCUT2D eigenvalue weighted by molar-refractivity contribution is 5.39. The predicted octanol–water partition coefficient (Wildman–Crippen LogP) is 3.65. The third kappa shape index (κ3) is 3.30. The molecule has 0 aliphatic heterocycles. The number of aryl methyl sites for hydroxylation is 2. The van der Waals surface area contributed by atoms with Crippen LogP contribution in [0.5, 0.6) is 11.5 Å². The van der Waals surface area contributed by atoms with E-state index in [9.17, 15) is 5.11 Å². The van der Waals surface area contributed by atoms with E-state index in [2.05, 4.69) is 0 Å². The molecule has 2 aromatic carbocycles. The monoisotopic (exact) mass is 267 g/mol. The van der Waals surface area contributed by atoms with E-state index in [4.69, 9.17) is 10.00 Å². The predicted molar refractivity (Wildman–Crippen MR) is 77.7 cm³/mol. The van der Waals surface area contributed by atoms with Crippen molar-refractivity contribution in [2.45, 2.75) is 26.9 Å². The van der Waals surface area contributed by atoms with Crippen LogP contribution in [-0.2, 0) is 13.0 Å². The van der Waals surface area contributed by atoms with Crippen molar-refractivity contribution in [2.24, 2.45) is 0 Å². The van der Waals surface area contributed by atoms with Crippen LogP contribution in [0.1, 0.15) is 22.3 Å². The maximum absolute atomic E-state index is 9.81. The molecule has 0 fully saturated rings. The molecule has 0 heterocycles. The van der Waals surface area contributed by atoms with Gasteiger partial charge in [0.25, 0.3) is 0 Å². The Bertz CT molecular complexity index is 657. The van der Waals surface area contributed by atoms with E-state index in [-0.39, 0.29) is 12.2 Å². The molecular weight excluding hydrogens is 250 g/mol. The second-order valence-electron chi connectivity index (χ2n) is 4.86. The van der Waals surface area contributed by atoms with Crippen LogP contribution in [0.4, 0.5) is 0 Å². The number of phenolic OH excluding ortho intramolecular Hbond substituents is 1. The first kappa shape index (κ1) is 14.0. The summed E-state index contributed by atoms with van der Waals surface area (Å²) < 4.78 is 5.78. The largest absolute Gasteiger partial charge is 0.508 e. The van der Waals surface area contributed by atoms with E-state index in [1.807, 2.05) is 44.2 Å². The average molecular weight is 267 g/mol. The first-order valence-corrected chi connectivity index (χ1v) is 6.48. The lowest BCUT2D eigenvalue weighted by Gasteiger charge is -2.11. The Balaban J connectivity index is 2.09. The summed E-state index contributed by atoms with van der Waals surface area (Å²) in [6, 6.07) is 13.4. The first-order valence-electron chi connectivity index (χ1n) is 6.48. The zero-order valence-corrected chi connectivity index (χ0v) is 11.7. The number of nitriles is 1. The summed E-state index contributed by atoms with van der Waals surface area (Å²) in [6.07, 6.45) is 0.212. The molecule has 2 rings (SSSR count). The Morgan fingerprint density at radius 2 is 1.95 bits per heavy atom. The van der Waals surface area contributed by atoms with E-state index in [0.717, 1.165) is 22.4 Å². The number of ether oxygens (including phenoxy) is 1. The Morgan fingerprint density at radius 1 is 1.15 bits per heavy atom. The van der Waals surface area contributed by atoms with Crippen molar-refractivity contribution in [3.05, 3.63) is 58.7 Å². The molecular formula is C17H17NO2. The fraction of sp³-hybridized carbons (Fsp3) is 0.235. The molecule has 0 aliphatic carbocycles. The van der Waals surface area contributed by atoms with Gasteiger partial charge in [-0.05, 0) is 42.7 Å². The normalized spacial score (nSPS) is 10.1. The smallest absolute Gasteiger partial charge is 0.122 e. The summed E-state index contributed by atoms with van der Waals surface area (Å²) in [6.45, 7) is 4.42. The number of aromatic hydroxyl groups is 1. The summed E-state index contributed by atoms with van der Waals surface area (Å²) in [7, 11) is 0. The molecule has 0 radical (unpaired) electrons. The van der Waals surface area contributed by atoms with Crippen molar-refractivity contribution >= 4 is 0 Å². The molecule has 0 aromatic heterocycles. The Kier molecular flexibility index (Phi) is 4.27. The van der Waals surface area contributed by atoms with Crippen LogP contribution in [-0.4, -0.2) is 5.11 Å². The third-order valence-electron chi connectivity index (χ3n) is 3.16. The Hall–Kier alpha value is -2.47. The van der Waals surface area contributed by atoms with Crippen LogP contribution < -0.4 is 4.74 Å². The maximum Gasteiger partial charge on any atom is 0.122 e. The van der Waals surface area contributed by atoms with Gasteiger partial charge < -0.3 is 9.84 Å². The number of hydrogen-bond donors (Lipinski definition) is 1. The SMILES string of the molecule is Cc1ccc(C)c(OCc2ccc(CC#N)c(O)c2)c1. The third-order valence-corrected chi connectivity index (χ3v) is 3.16. The molecule has 0 saturated heterocycles. The molecule has 0 unspecified atom stereocenters. The number of rotatable bonds is 4. The van der Waals surface area contributed by atoms with Crippen molar-refractivity contribution in [1.29, 1.82) is 5.26 Å². The van der Waals surface area contributed by atoms with Crippen molar-refractivity contribution in [3.63, 3.8) is 0 Å². The van der Waals surface area contributed by atoms with Crippen LogP contribution in [0.15, 0.2) is 36.4 Å². The van der Waals surface area contributed by atoms with E-state index in [1.54, 1.807) is 12.1 Å². The average Bonchev–Trinajstić information content (AvgIpc) is 2.43. The fourth-order valence-electron chi connectivity index (χ4n) is 1.96. The summed E-state index contributed by atoms with van der Waals surface area (Å²) in [5.41, 5.74) is 3.76. The van der Waals surface area contributed by atoms with Crippen LogP contribution in [0.25, 0.3) is 0 Å². The minimum absolute atomic E-state index is 0.147. The van der Waals surface area contributed by atoms with Crippen LogP contribution in [0, 0.1) is 25.2 Å². The van der Waals surface area contributed by atoms with E-state index >= 15 is 0 Å². The van der Waals surface area contributed by atoms with Gasteiger partial charge in [-0.2, -0.15) is 5.26 Å². The van der Waals surface area contributed by atoms with Gasteiger partial charge in [0, 0.05) is 5.56 Å². The highest BCUT2D eigenvalue weighted by Crippen LogP contribution is 2.23. The quantitative estimate of drug-likeness (QED) is 0.919. The van der Waals surface area contributed by atoms with Gasteiger partial charge in [0.15, 0.2) is 0 Å². The topological polar surface area (TPSA) is 53.2 Å². The summed E-state index contributed by atoms with van der Waals surface area (Å²) >= 11 is 0. The molecule has 3 heteroatoms. The van der Waals surface area contributed by atoms with Gasteiger partial charge in [0.2, 0.25) is 0 Å². The standard InChI is InChI=1S/C17H17NO2/c1-12-3-4-13(2)17(9-12)20-11-14-5-6-15(7-8-18)16(19)10-14/h3-6,9-10,19H,7,11H2,1-2H3. The van der Waals surface area contributed by atoms with Crippen LogP contribution in [0.3, 0.4) is 0 Å². The molecule has 102 valence electrons. The zero-order valence-electron chi connectivity index (χ0n) is 11.7. The second kappa shape index (κ2) is 6.12. The van der Waals surface area contributed by atoms with Gasteiger partial charge in [-0.15, -0.1) is 0 Å². The molecule has 0 aliphatic rings. The zero-order chi connectivity index (χ0) is 14.5. The minimum Gasteiger partial charge on any atom is -0.508 e. The number of benzene rings is 2. The van der Waals surface area contributed by atoms with Crippen molar-refractivity contribution < 1.29 is 9.84 Å². The molecule has 1 N–H and O–H groups in total. The summed E-state index contributed by atoms with van der Waals surface area (Å²) in [5, 5.41) is 18.4. The van der Waals surface area contributed by atoms with Gasteiger partial charge in [0.1, 0.15) is 18.1 Å². The Morgan fingerprint density at radius 3 is 2.65 bits per heavy atom. The number of nitrogens with zero attached hydrogens (tertiary/aromatic N) is 1. The van der Waals surface area contributed by atoms with Crippen LogP contribution >= 0.6 is 0 Å². The van der Waals surface area contributed by atoms with Crippen molar-refractivity contribution in [2.75, 3.05) is 0 Å². The number of phenols is 1. The lowest BCUT2D eigenvalue weighted by molar-refractivity contribution is 0.303. The summed E-state index contributed by atoms with van der Waals surface area (Å²) in [5.74, 6) is 0.999. The van der Waals surface area contributed by atoms with E-state index in [1.165, 1.54) is 0 Å². The molecule has 0 spiro atoms. The van der Waals surface area contributed by atoms with Gasteiger partial charge >= 0.3 is 0 Å². The molecule has 0 atom stereocenters. The van der Waals surface area contributed by atoms with Gasteiger partial charge in [-0.25, -0.2) is 0 Å². The van der Waals surface area contributed by atoms with Gasteiger partial charge in [0.05, 0.1) is 12.5 Å². The molecule has 0 amide bonds. The number of hydrogen-bond acceptors (Lipinski definition) is 3. The van der Waals surface area contributed by atoms with Gasteiger partial charge in [-0.1, -0.05) is 24.3 Å². The van der Waals surface area contributed by atoms with Gasteiger partial charge in [-0.3, -0.25) is 0 Å². The van der Waals surface area contributed by atoms with Crippen molar-refractivity contribution in [3.8, 4) is 17.6 Å².